The molecule has 0 fully saturated rings. The number of aryl methyl sites for hydroxylation is 2. The van der Waals surface area contributed by atoms with Gasteiger partial charge in [0.05, 0.1) is 4.88 Å². The summed E-state index contributed by atoms with van der Waals surface area (Å²) < 4.78 is 0. The van der Waals surface area contributed by atoms with Gasteiger partial charge < -0.3 is 0 Å². The Balaban J connectivity index is 2.15. The number of anilines is 1. The molecule has 2 heterocycles. The molecule has 0 aliphatic carbocycles. The number of nitrogens with one attached hydrogen (secondary N) is 1. The smallest absolute Gasteiger partial charge is 0.268 e. The van der Waals surface area contributed by atoms with Crippen molar-refractivity contribution in [2.75, 3.05) is 5.32 Å². The van der Waals surface area contributed by atoms with Crippen LogP contribution < -0.4 is 5.32 Å². The quantitative estimate of drug-likeness (QED) is 0.878. The second-order valence-corrected chi connectivity index (χ2v) is 5.28. The van der Waals surface area contributed by atoms with Gasteiger partial charge in [-0.05, 0) is 31.5 Å². The van der Waals surface area contributed by atoms with Gasteiger partial charge in [-0.15, -0.1) is 11.3 Å². The molecule has 94 valence electrons. The Morgan fingerprint density at radius 3 is 2.83 bits per heavy atom. The normalized spacial score (nSPS) is 10.4. The number of halogens is 1. The van der Waals surface area contributed by atoms with Crippen molar-refractivity contribution in [2.24, 2.45) is 0 Å². The van der Waals surface area contributed by atoms with Gasteiger partial charge in [0.2, 0.25) is 5.95 Å². The summed E-state index contributed by atoms with van der Waals surface area (Å²) in [5.41, 5.74) is 0.714. The monoisotopic (exact) mass is 281 g/mol. The maximum Gasteiger partial charge on any atom is 0.268 e. The molecule has 1 amide bonds. The zero-order chi connectivity index (χ0) is 13.1. The fourth-order valence-corrected chi connectivity index (χ4v) is 2.52. The summed E-state index contributed by atoms with van der Waals surface area (Å²) in [6.45, 7) is 3.85. The van der Waals surface area contributed by atoms with E-state index in [4.69, 9.17) is 11.6 Å². The van der Waals surface area contributed by atoms with Crippen LogP contribution in [-0.2, 0) is 6.42 Å². The number of nitrogens with zero attached hydrogens (tertiary/aromatic N) is 2. The van der Waals surface area contributed by atoms with Gasteiger partial charge >= 0.3 is 0 Å². The summed E-state index contributed by atoms with van der Waals surface area (Å²) in [5, 5.41) is 2.96. The first-order chi connectivity index (χ1) is 8.58. The molecular weight excluding hydrogens is 270 g/mol. The van der Waals surface area contributed by atoms with E-state index in [9.17, 15) is 4.79 Å². The highest BCUT2D eigenvalue weighted by atomic mass is 35.5. The SMILES string of the molecule is CCc1ccc(C(=O)Nc2nc(C)cc(Cl)n2)s1. The number of amides is 1. The van der Waals surface area contributed by atoms with Crippen molar-refractivity contribution in [1.82, 2.24) is 9.97 Å². The topological polar surface area (TPSA) is 54.9 Å². The number of hydrogen-bond donors (Lipinski definition) is 1. The fraction of sp³-hybridized carbons (Fsp3) is 0.250. The van der Waals surface area contributed by atoms with Crippen molar-refractivity contribution in [2.45, 2.75) is 20.3 Å². The van der Waals surface area contributed by atoms with Gasteiger partial charge in [0.25, 0.3) is 5.91 Å². The molecule has 18 heavy (non-hydrogen) atoms. The van der Waals surface area contributed by atoms with Crippen molar-refractivity contribution in [3.05, 3.63) is 38.8 Å². The van der Waals surface area contributed by atoms with Crippen molar-refractivity contribution < 1.29 is 4.79 Å². The molecule has 0 saturated heterocycles. The minimum absolute atomic E-state index is 0.207. The van der Waals surface area contributed by atoms with Gasteiger partial charge in [0, 0.05) is 10.6 Å². The standard InChI is InChI=1S/C12H12ClN3OS/c1-3-8-4-5-9(18-8)11(17)16-12-14-7(2)6-10(13)15-12/h4-6H,3H2,1-2H3,(H,14,15,16,17). The zero-order valence-corrected chi connectivity index (χ0v) is 11.6. The maximum absolute atomic E-state index is 11.9. The van der Waals surface area contributed by atoms with Crippen LogP contribution in [0.1, 0.15) is 27.2 Å². The molecular formula is C12H12ClN3OS. The van der Waals surface area contributed by atoms with Crippen LogP contribution >= 0.6 is 22.9 Å². The summed E-state index contributed by atoms with van der Waals surface area (Å²) >= 11 is 7.27. The summed E-state index contributed by atoms with van der Waals surface area (Å²) in [6, 6.07) is 5.39. The lowest BCUT2D eigenvalue weighted by atomic mass is 10.3. The van der Waals surface area contributed by atoms with E-state index in [1.165, 1.54) is 16.2 Å². The second kappa shape index (κ2) is 5.46. The highest BCUT2D eigenvalue weighted by molar-refractivity contribution is 7.14. The molecule has 0 radical (unpaired) electrons. The third-order valence-electron chi connectivity index (χ3n) is 2.28. The largest absolute Gasteiger partial charge is 0.290 e. The summed E-state index contributed by atoms with van der Waals surface area (Å²) in [5.74, 6) is 0.0258. The lowest BCUT2D eigenvalue weighted by Gasteiger charge is -2.03. The highest BCUT2D eigenvalue weighted by Gasteiger charge is 2.11. The lowest BCUT2D eigenvalue weighted by molar-refractivity contribution is 0.102. The number of carbonyl (C=O) groups is 1. The fourth-order valence-electron chi connectivity index (χ4n) is 1.44. The van der Waals surface area contributed by atoms with Crippen LogP contribution in [0, 0.1) is 6.92 Å². The molecule has 0 saturated carbocycles. The Kier molecular flexibility index (Phi) is 3.93. The zero-order valence-electron chi connectivity index (χ0n) is 10.0. The molecule has 0 aliphatic rings. The maximum atomic E-state index is 11.9. The molecule has 2 aromatic rings. The predicted octanol–water partition coefficient (Wildman–Crippen LogP) is 3.31. The molecule has 6 heteroatoms. The molecule has 0 atom stereocenters. The van der Waals surface area contributed by atoms with E-state index < -0.39 is 0 Å². The predicted molar refractivity (Wildman–Crippen MR) is 73.4 cm³/mol. The van der Waals surface area contributed by atoms with Crippen LogP contribution in [0.3, 0.4) is 0 Å². The Labute approximate surface area is 114 Å². The average molecular weight is 282 g/mol. The summed E-state index contributed by atoms with van der Waals surface area (Å²) in [7, 11) is 0. The minimum atomic E-state index is -0.207. The number of aromatic nitrogens is 2. The van der Waals surface area contributed by atoms with E-state index in [2.05, 4.69) is 22.2 Å². The average Bonchev–Trinajstić information content (AvgIpc) is 2.75. The lowest BCUT2D eigenvalue weighted by Crippen LogP contribution is -2.13. The second-order valence-electron chi connectivity index (χ2n) is 3.73. The first-order valence-corrected chi connectivity index (χ1v) is 6.69. The molecule has 0 aromatic carbocycles. The number of thiophene rings is 1. The first-order valence-electron chi connectivity index (χ1n) is 5.49. The van der Waals surface area contributed by atoms with Crippen molar-refractivity contribution in [3.63, 3.8) is 0 Å². The Morgan fingerprint density at radius 2 is 2.22 bits per heavy atom. The van der Waals surface area contributed by atoms with Crippen LogP contribution in [-0.4, -0.2) is 15.9 Å². The molecule has 2 rings (SSSR count). The molecule has 0 spiro atoms. The van der Waals surface area contributed by atoms with E-state index in [0.717, 1.165) is 6.42 Å². The van der Waals surface area contributed by atoms with Crippen LogP contribution in [0.5, 0.6) is 0 Å². The molecule has 4 nitrogen and oxygen atoms in total. The first kappa shape index (κ1) is 13.0. The van der Waals surface area contributed by atoms with Crippen LogP contribution in [0.25, 0.3) is 0 Å². The van der Waals surface area contributed by atoms with Crippen LogP contribution in [0.15, 0.2) is 18.2 Å². The number of rotatable bonds is 3. The third-order valence-corrected chi connectivity index (χ3v) is 3.70. The van der Waals surface area contributed by atoms with E-state index in [0.29, 0.717) is 15.7 Å². The molecule has 0 unspecified atom stereocenters. The van der Waals surface area contributed by atoms with Crippen molar-refractivity contribution in [3.8, 4) is 0 Å². The third kappa shape index (κ3) is 3.05. The molecule has 0 aliphatic heterocycles. The minimum Gasteiger partial charge on any atom is -0.290 e. The van der Waals surface area contributed by atoms with Crippen LogP contribution in [0.4, 0.5) is 5.95 Å². The van der Waals surface area contributed by atoms with Gasteiger partial charge in [0.1, 0.15) is 5.15 Å². The van der Waals surface area contributed by atoms with Crippen LogP contribution in [0.2, 0.25) is 5.15 Å². The van der Waals surface area contributed by atoms with Gasteiger partial charge in [0.15, 0.2) is 0 Å². The van der Waals surface area contributed by atoms with E-state index >= 15 is 0 Å². The Hall–Kier alpha value is -1.46. The number of carbonyl (C=O) groups excluding carboxylic acids is 1. The Morgan fingerprint density at radius 1 is 1.44 bits per heavy atom. The van der Waals surface area contributed by atoms with E-state index in [1.807, 2.05) is 6.07 Å². The van der Waals surface area contributed by atoms with Gasteiger partial charge in [-0.2, -0.15) is 0 Å². The molecule has 0 bridgehead atoms. The Bertz CT molecular complexity index is 562. The van der Waals surface area contributed by atoms with E-state index in [-0.39, 0.29) is 11.9 Å². The van der Waals surface area contributed by atoms with Gasteiger partial charge in [-0.25, -0.2) is 9.97 Å². The van der Waals surface area contributed by atoms with E-state index in [1.54, 1.807) is 19.1 Å². The number of hydrogen-bond acceptors (Lipinski definition) is 4. The summed E-state index contributed by atoms with van der Waals surface area (Å²) in [6.07, 6.45) is 0.921. The van der Waals surface area contributed by atoms with Crippen molar-refractivity contribution >= 4 is 34.8 Å². The van der Waals surface area contributed by atoms with Gasteiger partial charge in [-0.1, -0.05) is 18.5 Å². The molecule has 1 N–H and O–H groups in total. The molecule has 2 aromatic heterocycles. The summed E-state index contributed by atoms with van der Waals surface area (Å²) in [4.78, 5) is 21.8. The van der Waals surface area contributed by atoms with Crippen molar-refractivity contribution in [1.29, 1.82) is 0 Å². The highest BCUT2D eigenvalue weighted by Crippen LogP contribution is 2.18. The van der Waals surface area contributed by atoms with Gasteiger partial charge in [-0.3, -0.25) is 10.1 Å².